The molecular formula is C20H28N4O. The van der Waals surface area contributed by atoms with E-state index in [0.717, 1.165) is 30.0 Å². The van der Waals surface area contributed by atoms with E-state index in [4.69, 9.17) is 0 Å². The van der Waals surface area contributed by atoms with E-state index in [1.165, 1.54) is 24.8 Å². The molecule has 1 aliphatic heterocycles. The molecule has 0 unspecified atom stereocenters. The van der Waals surface area contributed by atoms with Gasteiger partial charge in [-0.25, -0.2) is 0 Å². The Kier molecular flexibility index (Phi) is 5.87. The molecule has 1 atom stereocenters. The highest BCUT2D eigenvalue weighted by Crippen LogP contribution is 2.24. The van der Waals surface area contributed by atoms with Gasteiger partial charge in [0.05, 0.1) is 18.2 Å². The zero-order chi connectivity index (χ0) is 17.6. The topological polar surface area (TPSA) is 61.0 Å². The molecule has 2 N–H and O–H groups in total. The van der Waals surface area contributed by atoms with Crippen LogP contribution in [0.2, 0.25) is 0 Å². The van der Waals surface area contributed by atoms with Crippen LogP contribution >= 0.6 is 0 Å². The molecule has 1 aromatic heterocycles. The van der Waals surface area contributed by atoms with Crippen LogP contribution < -0.4 is 5.32 Å². The number of nitrogens with one attached hydrogen (secondary N) is 2. The molecule has 1 aromatic carbocycles. The summed E-state index contributed by atoms with van der Waals surface area (Å²) in [6, 6.07) is 10.8. The zero-order valence-electron chi connectivity index (χ0n) is 15.2. The second-order valence-corrected chi connectivity index (χ2v) is 6.92. The van der Waals surface area contributed by atoms with Crippen LogP contribution in [0.4, 0.5) is 0 Å². The van der Waals surface area contributed by atoms with Gasteiger partial charge in [0.1, 0.15) is 0 Å². The summed E-state index contributed by atoms with van der Waals surface area (Å²) in [6.45, 7) is 6.76. The van der Waals surface area contributed by atoms with E-state index in [0.29, 0.717) is 13.0 Å². The van der Waals surface area contributed by atoms with Gasteiger partial charge in [-0.2, -0.15) is 5.10 Å². The molecule has 1 saturated heterocycles. The highest BCUT2D eigenvalue weighted by Gasteiger charge is 2.23. The number of hydrogen-bond donors (Lipinski definition) is 2. The predicted octanol–water partition coefficient (Wildman–Crippen LogP) is 2.91. The molecule has 2 heterocycles. The second-order valence-electron chi connectivity index (χ2n) is 6.92. The van der Waals surface area contributed by atoms with E-state index in [2.05, 4.69) is 44.7 Å². The number of carbonyl (C=O) groups excluding carboxylic acids is 1. The molecule has 0 spiro atoms. The lowest BCUT2D eigenvalue weighted by atomic mass is 10.0. The molecule has 0 bridgehead atoms. The van der Waals surface area contributed by atoms with Gasteiger partial charge in [0.15, 0.2) is 0 Å². The molecule has 5 nitrogen and oxygen atoms in total. The molecular weight excluding hydrogens is 312 g/mol. The number of benzene rings is 1. The maximum atomic E-state index is 12.5. The highest BCUT2D eigenvalue weighted by atomic mass is 16.1. The third-order valence-electron chi connectivity index (χ3n) is 5.13. The maximum Gasteiger partial charge on any atom is 0.224 e. The molecule has 3 rings (SSSR count). The Labute approximate surface area is 149 Å². The van der Waals surface area contributed by atoms with Gasteiger partial charge in [0.2, 0.25) is 5.91 Å². The predicted molar refractivity (Wildman–Crippen MR) is 99.4 cm³/mol. The number of H-pyrrole nitrogens is 1. The van der Waals surface area contributed by atoms with Gasteiger partial charge < -0.3 is 5.32 Å². The molecule has 0 saturated carbocycles. The van der Waals surface area contributed by atoms with Crippen LogP contribution in [0.1, 0.15) is 47.8 Å². The second kappa shape index (κ2) is 8.30. The Morgan fingerprint density at radius 2 is 1.92 bits per heavy atom. The van der Waals surface area contributed by atoms with Crippen LogP contribution in [0.3, 0.4) is 0 Å². The molecule has 134 valence electrons. The lowest BCUT2D eigenvalue weighted by Gasteiger charge is -2.35. The average molecular weight is 340 g/mol. The summed E-state index contributed by atoms with van der Waals surface area (Å²) in [6.07, 6.45) is 4.18. The number of aromatic nitrogens is 2. The molecule has 1 fully saturated rings. The fraction of sp³-hybridized carbons (Fsp3) is 0.500. The van der Waals surface area contributed by atoms with Gasteiger partial charge in [0, 0.05) is 17.8 Å². The first-order chi connectivity index (χ1) is 12.1. The number of hydrogen-bond acceptors (Lipinski definition) is 3. The van der Waals surface area contributed by atoms with Crippen LogP contribution in [0.5, 0.6) is 0 Å². The minimum Gasteiger partial charge on any atom is -0.354 e. The fourth-order valence-corrected chi connectivity index (χ4v) is 3.63. The fourth-order valence-electron chi connectivity index (χ4n) is 3.63. The quantitative estimate of drug-likeness (QED) is 0.850. The molecule has 25 heavy (non-hydrogen) atoms. The molecule has 2 aromatic rings. The van der Waals surface area contributed by atoms with Gasteiger partial charge in [0.25, 0.3) is 0 Å². The first kappa shape index (κ1) is 17.7. The SMILES string of the molecule is Cc1n[nH]c(C)c1CC(=O)NC[C@H](c1ccccc1)N1CCCCC1. The summed E-state index contributed by atoms with van der Waals surface area (Å²) in [7, 11) is 0. The van der Waals surface area contributed by atoms with Gasteiger partial charge in [-0.05, 0) is 45.3 Å². The summed E-state index contributed by atoms with van der Waals surface area (Å²) in [5.41, 5.74) is 4.17. The Balaban J connectivity index is 1.65. The minimum atomic E-state index is 0.0607. The van der Waals surface area contributed by atoms with Crippen molar-refractivity contribution in [2.45, 2.75) is 45.6 Å². The Hall–Kier alpha value is -2.14. The average Bonchev–Trinajstić information content (AvgIpc) is 2.96. The van der Waals surface area contributed by atoms with Crippen molar-refractivity contribution in [2.75, 3.05) is 19.6 Å². The summed E-state index contributed by atoms with van der Waals surface area (Å²) >= 11 is 0. The lowest BCUT2D eigenvalue weighted by Crippen LogP contribution is -2.41. The van der Waals surface area contributed by atoms with Gasteiger partial charge in [-0.3, -0.25) is 14.8 Å². The van der Waals surface area contributed by atoms with Crippen LogP contribution in [0.25, 0.3) is 0 Å². The third kappa shape index (κ3) is 4.48. The smallest absolute Gasteiger partial charge is 0.224 e. The number of carbonyl (C=O) groups is 1. The van der Waals surface area contributed by atoms with E-state index in [9.17, 15) is 4.79 Å². The summed E-state index contributed by atoms with van der Waals surface area (Å²) < 4.78 is 0. The van der Waals surface area contributed by atoms with Crippen molar-refractivity contribution in [2.24, 2.45) is 0 Å². The molecule has 0 radical (unpaired) electrons. The number of aromatic amines is 1. The van der Waals surface area contributed by atoms with Crippen LogP contribution in [-0.2, 0) is 11.2 Å². The van der Waals surface area contributed by atoms with Crippen LogP contribution in [0.15, 0.2) is 30.3 Å². The summed E-state index contributed by atoms with van der Waals surface area (Å²) in [5.74, 6) is 0.0607. The van der Waals surface area contributed by atoms with Gasteiger partial charge >= 0.3 is 0 Å². The van der Waals surface area contributed by atoms with Crippen molar-refractivity contribution in [3.8, 4) is 0 Å². The largest absolute Gasteiger partial charge is 0.354 e. The number of rotatable bonds is 6. The Morgan fingerprint density at radius 1 is 1.20 bits per heavy atom. The molecule has 0 aliphatic carbocycles. The highest BCUT2D eigenvalue weighted by molar-refractivity contribution is 5.79. The lowest BCUT2D eigenvalue weighted by molar-refractivity contribution is -0.120. The van der Waals surface area contributed by atoms with Crippen molar-refractivity contribution in [1.82, 2.24) is 20.4 Å². The Morgan fingerprint density at radius 3 is 2.56 bits per heavy atom. The third-order valence-corrected chi connectivity index (χ3v) is 5.13. The van der Waals surface area contributed by atoms with Gasteiger partial charge in [-0.15, -0.1) is 0 Å². The zero-order valence-corrected chi connectivity index (χ0v) is 15.2. The van der Waals surface area contributed by atoms with Crippen LogP contribution in [-0.4, -0.2) is 40.6 Å². The normalized spacial score (nSPS) is 16.6. The van der Waals surface area contributed by atoms with Gasteiger partial charge in [-0.1, -0.05) is 36.8 Å². The van der Waals surface area contributed by atoms with Crippen LogP contribution in [0, 0.1) is 13.8 Å². The first-order valence-corrected chi connectivity index (χ1v) is 9.21. The van der Waals surface area contributed by atoms with E-state index in [-0.39, 0.29) is 11.9 Å². The number of piperidine rings is 1. The van der Waals surface area contributed by atoms with E-state index in [1.807, 2.05) is 19.9 Å². The first-order valence-electron chi connectivity index (χ1n) is 9.21. The number of nitrogens with zero attached hydrogens (tertiary/aromatic N) is 2. The number of amides is 1. The van der Waals surface area contributed by atoms with Crippen molar-refractivity contribution < 1.29 is 4.79 Å². The monoisotopic (exact) mass is 340 g/mol. The van der Waals surface area contributed by atoms with E-state index in [1.54, 1.807) is 0 Å². The number of likely N-dealkylation sites (tertiary alicyclic amines) is 1. The maximum absolute atomic E-state index is 12.5. The standard InChI is InChI=1S/C20H28N4O/c1-15-18(16(2)23-22-15)13-20(25)21-14-19(17-9-5-3-6-10-17)24-11-7-4-8-12-24/h3,5-6,9-10,19H,4,7-8,11-14H2,1-2H3,(H,21,25)(H,22,23)/t19-/m1/s1. The van der Waals surface area contributed by atoms with Crippen molar-refractivity contribution >= 4 is 5.91 Å². The molecule has 1 aliphatic rings. The Bertz CT molecular complexity index is 669. The molecule has 5 heteroatoms. The van der Waals surface area contributed by atoms with Crippen molar-refractivity contribution in [3.05, 3.63) is 52.8 Å². The van der Waals surface area contributed by atoms with Crippen molar-refractivity contribution in [3.63, 3.8) is 0 Å². The summed E-state index contributed by atoms with van der Waals surface area (Å²) in [5, 5.41) is 10.3. The number of aryl methyl sites for hydroxylation is 2. The summed E-state index contributed by atoms with van der Waals surface area (Å²) in [4.78, 5) is 15.0. The molecule has 1 amide bonds. The van der Waals surface area contributed by atoms with Crippen molar-refractivity contribution in [1.29, 1.82) is 0 Å². The van der Waals surface area contributed by atoms with E-state index < -0.39 is 0 Å². The minimum absolute atomic E-state index is 0.0607. The van der Waals surface area contributed by atoms with E-state index >= 15 is 0 Å².